The third kappa shape index (κ3) is 3.87. The maximum Gasteiger partial charge on any atom is 0.221 e. The molecule has 156 valence electrons. The number of hydrogen-bond donors (Lipinski definition) is 1. The quantitative estimate of drug-likeness (QED) is 0.339. The average Bonchev–Trinajstić information content (AvgIpc) is 3.20. The van der Waals surface area contributed by atoms with Crippen LogP contribution in [0.2, 0.25) is 0 Å². The second-order valence-electron chi connectivity index (χ2n) is 6.74. The molecule has 0 unspecified atom stereocenters. The molecule has 4 aromatic rings. The molecule has 1 N–H and O–H groups in total. The minimum Gasteiger partial charge on any atom is -0.493 e. The summed E-state index contributed by atoms with van der Waals surface area (Å²) in [5, 5.41) is 4.08. The number of benzene rings is 2. The van der Waals surface area contributed by atoms with Crippen LogP contribution >= 0.6 is 28.1 Å². The van der Waals surface area contributed by atoms with Crippen molar-refractivity contribution in [2.75, 3.05) is 14.2 Å². The molecule has 30 heavy (non-hydrogen) atoms. The Balaban J connectivity index is 1.83. The molecule has 0 saturated heterocycles. The van der Waals surface area contributed by atoms with Gasteiger partial charge in [-0.2, -0.15) is 0 Å². The lowest BCUT2D eigenvalue weighted by atomic mass is 10.2. The molecule has 0 aliphatic rings. The zero-order valence-corrected chi connectivity index (χ0v) is 19.2. The van der Waals surface area contributed by atoms with Crippen molar-refractivity contribution >= 4 is 44.7 Å². The number of methoxy groups -OCH3 is 2. The number of nitrogens with zero attached hydrogens (tertiary/aromatic N) is 3. The maximum absolute atomic E-state index is 6.23. The molecule has 0 spiro atoms. The van der Waals surface area contributed by atoms with Gasteiger partial charge in [0.05, 0.1) is 19.7 Å². The highest BCUT2D eigenvalue weighted by Crippen LogP contribution is 2.33. The number of ether oxygens (including phenoxy) is 3. The summed E-state index contributed by atoms with van der Waals surface area (Å²) in [6, 6.07) is 11.4. The van der Waals surface area contributed by atoms with E-state index in [4.69, 9.17) is 31.4 Å². The second-order valence-corrected chi connectivity index (χ2v) is 8.02. The Hall–Kier alpha value is -2.65. The van der Waals surface area contributed by atoms with Gasteiger partial charge in [0.1, 0.15) is 5.75 Å². The van der Waals surface area contributed by atoms with Gasteiger partial charge in [-0.05, 0) is 49.0 Å². The molecular formula is C21H21BrN4O3S. The van der Waals surface area contributed by atoms with E-state index in [1.165, 1.54) is 0 Å². The summed E-state index contributed by atoms with van der Waals surface area (Å²) in [5.41, 5.74) is 1.36. The van der Waals surface area contributed by atoms with Crippen molar-refractivity contribution in [1.29, 1.82) is 0 Å². The van der Waals surface area contributed by atoms with Crippen LogP contribution < -0.4 is 14.2 Å². The largest absolute Gasteiger partial charge is 0.493 e. The molecule has 4 rings (SSSR count). The van der Waals surface area contributed by atoms with E-state index in [1.54, 1.807) is 24.8 Å². The summed E-state index contributed by atoms with van der Waals surface area (Å²) in [4.78, 5) is 9.36. The first-order valence-corrected chi connectivity index (χ1v) is 10.7. The molecule has 2 aromatic carbocycles. The van der Waals surface area contributed by atoms with Crippen molar-refractivity contribution in [1.82, 2.24) is 19.6 Å². The van der Waals surface area contributed by atoms with Crippen LogP contribution in [0, 0.1) is 4.77 Å². The van der Waals surface area contributed by atoms with E-state index >= 15 is 0 Å². The monoisotopic (exact) mass is 488 g/mol. The highest BCUT2D eigenvalue weighted by Gasteiger charge is 2.20. The summed E-state index contributed by atoms with van der Waals surface area (Å²) < 4.78 is 20.1. The lowest BCUT2D eigenvalue weighted by molar-refractivity contribution is 0.184. The van der Waals surface area contributed by atoms with E-state index in [0.717, 1.165) is 28.5 Å². The topological polar surface area (TPSA) is 73.7 Å². The fourth-order valence-electron chi connectivity index (χ4n) is 3.30. The van der Waals surface area contributed by atoms with E-state index in [1.807, 2.05) is 30.3 Å². The third-order valence-corrected chi connectivity index (χ3v) is 5.57. The summed E-state index contributed by atoms with van der Waals surface area (Å²) in [7, 11) is 3.19. The number of aromatic amines is 1. The Morgan fingerprint density at radius 3 is 2.47 bits per heavy atom. The molecule has 7 nitrogen and oxygen atoms in total. The number of hydrogen-bond acceptors (Lipinski definition) is 6. The molecule has 1 atom stereocenters. The number of rotatable bonds is 7. The van der Waals surface area contributed by atoms with E-state index in [2.05, 4.69) is 32.9 Å². The predicted molar refractivity (Wildman–Crippen MR) is 121 cm³/mol. The molecule has 0 amide bonds. The van der Waals surface area contributed by atoms with Crippen molar-refractivity contribution in [2.24, 2.45) is 0 Å². The Morgan fingerprint density at radius 2 is 1.80 bits per heavy atom. The molecule has 9 heteroatoms. The minimum atomic E-state index is -0.249. The Morgan fingerprint density at radius 1 is 1.10 bits per heavy atom. The van der Waals surface area contributed by atoms with Crippen LogP contribution in [-0.4, -0.2) is 33.8 Å². The van der Waals surface area contributed by atoms with Crippen LogP contribution in [-0.2, 0) is 0 Å². The zero-order chi connectivity index (χ0) is 21.3. The summed E-state index contributed by atoms with van der Waals surface area (Å²) in [6.07, 6.45) is 1.49. The van der Waals surface area contributed by atoms with E-state index < -0.39 is 0 Å². The molecule has 2 heterocycles. The molecule has 0 aliphatic heterocycles. The van der Waals surface area contributed by atoms with Crippen molar-refractivity contribution in [3.63, 3.8) is 0 Å². The standard InChI is InChI=1S/C21H21BrN4O3S/c1-4-5-16(29-13-8-6-12(22)7-9-13)19-24-20-14-10-17(27-2)18(28-3)11-15(14)23-21(30)26(20)25-19/h6-11,16H,4-5H2,1-3H3,(H,24,25)/t16-/m1/s1. The van der Waals surface area contributed by atoms with Gasteiger partial charge in [-0.3, -0.25) is 5.10 Å². The summed E-state index contributed by atoms with van der Waals surface area (Å²) in [6.45, 7) is 2.11. The maximum atomic E-state index is 6.23. The molecule has 0 aliphatic carbocycles. The lowest BCUT2D eigenvalue weighted by Crippen LogP contribution is -2.09. The molecule has 0 saturated carbocycles. The van der Waals surface area contributed by atoms with Crippen LogP contribution in [0.4, 0.5) is 0 Å². The van der Waals surface area contributed by atoms with Crippen LogP contribution in [0.5, 0.6) is 17.2 Å². The van der Waals surface area contributed by atoms with E-state index in [9.17, 15) is 0 Å². The number of nitrogens with one attached hydrogen (secondary N) is 1. The van der Waals surface area contributed by atoms with Gasteiger partial charge < -0.3 is 14.2 Å². The molecular weight excluding hydrogens is 468 g/mol. The lowest BCUT2D eigenvalue weighted by Gasteiger charge is -2.16. The van der Waals surface area contributed by atoms with Crippen molar-refractivity contribution in [3.05, 3.63) is 51.5 Å². The highest BCUT2D eigenvalue weighted by atomic mass is 79.9. The number of halogens is 1. The van der Waals surface area contributed by atoms with Crippen LogP contribution in [0.3, 0.4) is 0 Å². The van der Waals surface area contributed by atoms with Gasteiger partial charge in [0.2, 0.25) is 4.77 Å². The molecule has 0 bridgehead atoms. The highest BCUT2D eigenvalue weighted by molar-refractivity contribution is 9.10. The zero-order valence-electron chi connectivity index (χ0n) is 16.8. The Kier molecular flexibility index (Phi) is 5.92. The molecule has 0 fully saturated rings. The normalized spacial score (nSPS) is 12.3. The average molecular weight is 489 g/mol. The first-order chi connectivity index (χ1) is 14.5. The Bertz CT molecular complexity index is 1250. The van der Waals surface area contributed by atoms with E-state index in [-0.39, 0.29) is 6.10 Å². The van der Waals surface area contributed by atoms with Crippen molar-refractivity contribution < 1.29 is 14.2 Å². The van der Waals surface area contributed by atoms with Gasteiger partial charge >= 0.3 is 0 Å². The van der Waals surface area contributed by atoms with Gasteiger partial charge in [-0.25, -0.2) is 14.5 Å². The first-order valence-electron chi connectivity index (χ1n) is 9.50. The SMILES string of the molecule is CCC[C@@H](Oc1ccc(Br)cc1)c1nc2c3cc(OC)c(OC)cc3nc(=S)n2[nH]1. The van der Waals surface area contributed by atoms with Crippen molar-refractivity contribution in [2.45, 2.75) is 25.9 Å². The fourth-order valence-corrected chi connectivity index (χ4v) is 3.80. The van der Waals surface area contributed by atoms with Gasteiger partial charge in [0.25, 0.3) is 0 Å². The van der Waals surface area contributed by atoms with Gasteiger partial charge in [-0.15, -0.1) is 0 Å². The number of fused-ring (bicyclic) bond motifs is 3. The number of H-pyrrole nitrogens is 1. The van der Waals surface area contributed by atoms with Crippen LogP contribution in [0.15, 0.2) is 40.9 Å². The smallest absolute Gasteiger partial charge is 0.221 e. The predicted octanol–water partition coefficient (Wildman–Crippen LogP) is 5.64. The third-order valence-electron chi connectivity index (χ3n) is 4.76. The van der Waals surface area contributed by atoms with Gasteiger partial charge in [-0.1, -0.05) is 29.3 Å². The van der Waals surface area contributed by atoms with Crippen LogP contribution in [0.25, 0.3) is 16.6 Å². The van der Waals surface area contributed by atoms with Crippen LogP contribution in [0.1, 0.15) is 31.7 Å². The second kappa shape index (κ2) is 8.61. The minimum absolute atomic E-state index is 0.249. The summed E-state index contributed by atoms with van der Waals surface area (Å²) >= 11 is 8.94. The van der Waals surface area contributed by atoms with Crippen molar-refractivity contribution in [3.8, 4) is 17.2 Å². The first kappa shape index (κ1) is 20.6. The Labute approximate surface area is 187 Å². The summed E-state index contributed by atoms with van der Waals surface area (Å²) in [5.74, 6) is 2.66. The molecule has 0 radical (unpaired) electrons. The van der Waals surface area contributed by atoms with Gasteiger partial charge in [0, 0.05) is 15.9 Å². The number of aromatic nitrogens is 4. The van der Waals surface area contributed by atoms with E-state index in [0.29, 0.717) is 33.3 Å². The van der Waals surface area contributed by atoms with Gasteiger partial charge in [0.15, 0.2) is 29.1 Å². The molecule has 2 aromatic heterocycles. The fraction of sp³-hybridized carbons (Fsp3) is 0.286.